The van der Waals surface area contributed by atoms with Crippen LogP contribution >= 0.6 is 0 Å². The van der Waals surface area contributed by atoms with E-state index >= 15 is 0 Å². The summed E-state index contributed by atoms with van der Waals surface area (Å²) in [6.07, 6.45) is 0. The summed E-state index contributed by atoms with van der Waals surface area (Å²) < 4.78 is 12.7. The molecule has 1 aliphatic heterocycles. The lowest BCUT2D eigenvalue weighted by Gasteiger charge is -2.09. The number of aryl methyl sites for hydroxylation is 1. The Morgan fingerprint density at radius 3 is 2.53 bits per heavy atom. The van der Waals surface area contributed by atoms with Gasteiger partial charge in [0.05, 0.1) is 17.6 Å². The van der Waals surface area contributed by atoms with E-state index in [-0.39, 0.29) is 12.7 Å². The Morgan fingerprint density at radius 1 is 1.00 bits per heavy atom. The van der Waals surface area contributed by atoms with Crippen molar-refractivity contribution in [3.05, 3.63) is 83.4 Å². The van der Waals surface area contributed by atoms with E-state index in [4.69, 9.17) is 25.2 Å². The monoisotopic (exact) mass is 451 g/mol. The smallest absolute Gasteiger partial charge is 0.261 e. The highest BCUT2D eigenvalue weighted by molar-refractivity contribution is 6.16. The first-order valence-corrected chi connectivity index (χ1v) is 10.9. The van der Waals surface area contributed by atoms with Gasteiger partial charge in [-0.15, -0.1) is 0 Å². The minimum atomic E-state index is -0.333. The van der Waals surface area contributed by atoms with Crippen molar-refractivity contribution in [2.75, 3.05) is 17.8 Å². The second-order valence-corrected chi connectivity index (χ2v) is 8.24. The minimum absolute atomic E-state index is 0.203. The number of amides is 1. The summed E-state index contributed by atoms with van der Waals surface area (Å²) in [6, 6.07) is 20.9. The van der Waals surface area contributed by atoms with E-state index in [2.05, 4.69) is 5.32 Å². The molecule has 3 N–H and O–H groups in total. The Hall–Kier alpha value is -4.59. The van der Waals surface area contributed by atoms with E-state index in [0.29, 0.717) is 51.8 Å². The average Bonchev–Trinajstić information content (AvgIpc) is 3.41. The van der Waals surface area contributed by atoms with Crippen molar-refractivity contribution in [2.45, 2.75) is 13.5 Å². The molecular weight excluding hydrogens is 430 g/mol. The van der Waals surface area contributed by atoms with Crippen molar-refractivity contribution in [3.8, 4) is 11.5 Å². The number of para-hydroxylation sites is 2. The number of carbonyl (C=O) groups excluding carboxylic acids is 1. The molecule has 8 heteroatoms. The highest BCUT2D eigenvalue weighted by Gasteiger charge is 2.25. The molecule has 0 unspecified atom stereocenters. The van der Waals surface area contributed by atoms with Gasteiger partial charge in [-0.25, -0.2) is 9.97 Å². The average molecular weight is 451 g/mol. The Balaban J connectivity index is 1.48. The maximum Gasteiger partial charge on any atom is 0.261 e. The van der Waals surface area contributed by atoms with Crippen LogP contribution in [0, 0.1) is 6.92 Å². The molecule has 0 spiro atoms. The van der Waals surface area contributed by atoms with Gasteiger partial charge in [-0.3, -0.25) is 4.79 Å². The summed E-state index contributed by atoms with van der Waals surface area (Å²) >= 11 is 0. The molecule has 0 atom stereocenters. The molecule has 8 nitrogen and oxygen atoms in total. The van der Waals surface area contributed by atoms with Gasteiger partial charge < -0.3 is 25.1 Å². The van der Waals surface area contributed by atoms with Crippen molar-refractivity contribution in [3.63, 3.8) is 0 Å². The molecule has 3 heterocycles. The molecule has 168 valence electrons. The fourth-order valence-electron chi connectivity index (χ4n) is 4.15. The Kier molecular flexibility index (Phi) is 4.58. The Bertz CT molecular complexity index is 1570. The highest BCUT2D eigenvalue weighted by Crippen LogP contribution is 2.34. The quantitative estimate of drug-likeness (QED) is 0.417. The normalized spacial score (nSPS) is 12.4. The van der Waals surface area contributed by atoms with E-state index in [1.165, 1.54) is 0 Å². The zero-order valence-electron chi connectivity index (χ0n) is 18.4. The van der Waals surface area contributed by atoms with Crippen molar-refractivity contribution < 1.29 is 14.3 Å². The summed E-state index contributed by atoms with van der Waals surface area (Å²) in [5.74, 6) is 1.35. The van der Waals surface area contributed by atoms with Crippen LogP contribution in [0.5, 0.6) is 11.5 Å². The van der Waals surface area contributed by atoms with Gasteiger partial charge in [-0.2, -0.15) is 0 Å². The number of nitrogens with two attached hydrogens (primary N) is 1. The van der Waals surface area contributed by atoms with Crippen molar-refractivity contribution in [2.24, 2.45) is 0 Å². The number of hydrogen-bond donors (Lipinski definition) is 2. The van der Waals surface area contributed by atoms with Gasteiger partial charge in [0.2, 0.25) is 6.79 Å². The second kappa shape index (κ2) is 7.77. The fourth-order valence-corrected chi connectivity index (χ4v) is 4.15. The van der Waals surface area contributed by atoms with Crippen LogP contribution in [0.15, 0.2) is 66.7 Å². The number of carbonyl (C=O) groups is 1. The van der Waals surface area contributed by atoms with E-state index in [9.17, 15) is 4.79 Å². The maximum atomic E-state index is 13.4. The standard InChI is InChI=1S/C26H21N5O3/c1-15-6-9-17(10-7-15)28-26(32)22-23-25(30-19-5-3-2-4-18(19)29-23)31(24(22)27)13-16-8-11-20-21(12-16)34-14-33-20/h2-12H,13-14,27H2,1H3,(H,28,32). The second-order valence-electron chi connectivity index (χ2n) is 8.24. The number of rotatable bonds is 4. The van der Waals surface area contributed by atoms with Crippen molar-refractivity contribution in [1.82, 2.24) is 14.5 Å². The first-order valence-electron chi connectivity index (χ1n) is 10.9. The van der Waals surface area contributed by atoms with Crippen LogP contribution in [0.2, 0.25) is 0 Å². The molecule has 6 rings (SSSR count). The molecule has 1 amide bonds. The number of nitrogens with one attached hydrogen (secondary N) is 1. The summed E-state index contributed by atoms with van der Waals surface area (Å²) in [6.45, 7) is 2.59. The Morgan fingerprint density at radius 2 is 1.74 bits per heavy atom. The molecule has 0 bridgehead atoms. The third kappa shape index (κ3) is 3.36. The minimum Gasteiger partial charge on any atom is -0.454 e. The van der Waals surface area contributed by atoms with Crippen LogP contribution in [0.4, 0.5) is 11.5 Å². The van der Waals surface area contributed by atoms with Crippen LogP contribution in [0.1, 0.15) is 21.5 Å². The molecule has 0 radical (unpaired) electrons. The van der Waals surface area contributed by atoms with Crippen LogP contribution in [0.25, 0.3) is 22.2 Å². The predicted molar refractivity (Wildman–Crippen MR) is 130 cm³/mol. The molecular formula is C26H21N5O3. The molecule has 5 aromatic rings. The molecule has 0 saturated heterocycles. The van der Waals surface area contributed by atoms with Gasteiger partial charge in [-0.1, -0.05) is 35.9 Å². The van der Waals surface area contributed by atoms with Gasteiger partial charge in [0.25, 0.3) is 5.91 Å². The van der Waals surface area contributed by atoms with Crippen molar-refractivity contribution in [1.29, 1.82) is 0 Å². The first kappa shape index (κ1) is 20.0. The van der Waals surface area contributed by atoms with Crippen molar-refractivity contribution >= 4 is 39.6 Å². The van der Waals surface area contributed by atoms with Crippen LogP contribution in [-0.4, -0.2) is 27.2 Å². The fraction of sp³-hybridized carbons (Fsp3) is 0.115. The molecule has 0 aliphatic carbocycles. The van der Waals surface area contributed by atoms with Crippen LogP contribution < -0.4 is 20.5 Å². The third-order valence-electron chi connectivity index (χ3n) is 5.91. The number of nitrogen functional groups attached to an aromatic ring is 1. The van der Waals surface area contributed by atoms with Crippen LogP contribution in [0.3, 0.4) is 0 Å². The molecule has 1 aliphatic rings. The lowest BCUT2D eigenvalue weighted by Crippen LogP contribution is -2.15. The van der Waals surface area contributed by atoms with E-state index in [1.807, 2.05) is 78.2 Å². The number of ether oxygens (including phenoxy) is 2. The van der Waals surface area contributed by atoms with Gasteiger partial charge in [0.1, 0.15) is 16.9 Å². The number of benzene rings is 3. The topological polar surface area (TPSA) is 104 Å². The third-order valence-corrected chi connectivity index (χ3v) is 5.91. The number of aromatic nitrogens is 3. The predicted octanol–water partition coefficient (Wildman–Crippen LogP) is 4.50. The molecule has 0 saturated carbocycles. The number of anilines is 2. The lowest BCUT2D eigenvalue weighted by atomic mass is 10.2. The van der Waals surface area contributed by atoms with Gasteiger partial charge in [-0.05, 0) is 48.9 Å². The number of fused-ring (bicyclic) bond motifs is 3. The summed E-state index contributed by atoms with van der Waals surface area (Å²) in [4.78, 5) is 23.0. The summed E-state index contributed by atoms with van der Waals surface area (Å²) in [7, 11) is 0. The summed E-state index contributed by atoms with van der Waals surface area (Å²) in [5, 5.41) is 2.94. The maximum absolute atomic E-state index is 13.4. The largest absolute Gasteiger partial charge is 0.454 e. The SMILES string of the molecule is Cc1ccc(NC(=O)c2c(N)n(Cc3ccc4c(c3)OCO4)c3nc4ccccc4nc23)cc1. The zero-order chi connectivity index (χ0) is 23.2. The number of hydrogen-bond acceptors (Lipinski definition) is 6. The Labute approximate surface area is 194 Å². The first-order chi connectivity index (χ1) is 16.6. The molecule has 2 aromatic heterocycles. The van der Waals surface area contributed by atoms with Crippen LogP contribution in [-0.2, 0) is 6.54 Å². The number of nitrogens with zero attached hydrogens (tertiary/aromatic N) is 3. The molecule has 0 fully saturated rings. The summed E-state index contributed by atoms with van der Waals surface area (Å²) in [5.41, 5.74) is 12.0. The van der Waals surface area contributed by atoms with Gasteiger partial charge >= 0.3 is 0 Å². The van der Waals surface area contributed by atoms with Gasteiger partial charge in [0, 0.05) is 5.69 Å². The lowest BCUT2D eigenvalue weighted by molar-refractivity contribution is 0.102. The zero-order valence-corrected chi connectivity index (χ0v) is 18.4. The van der Waals surface area contributed by atoms with E-state index < -0.39 is 0 Å². The van der Waals surface area contributed by atoms with E-state index in [1.54, 1.807) is 0 Å². The highest BCUT2D eigenvalue weighted by atomic mass is 16.7. The molecule has 34 heavy (non-hydrogen) atoms. The van der Waals surface area contributed by atoms with Gasteiger partial charge in [0.15, 0.2) is 17.1 Å². The van der Waals surface area contributed by atoms with E-state index in [0.717, 1.165) is 16.6 Å². The molecule has 3 aromatic carbocycles.